The molecule has 84 valence electrons. The van der Waals surface area contributed by atoms with Crippen LogP contribution in [0.3, 0.4) is 0 Å². The van der Waals surface area contributed by atoms with Crippen LogP contribution >= 0.6 is 0 Å². The molecule has 16 heavy (non-hydrogen) atoms. The van der Waals surface area contributed by atoms with E-state index in [9.17, 15) is 13.6 Å². The Labute approximate surface area is 90.2 Å². The number of nitriles is 1. The van der Waals surface area contributed by atoms with Crippen LogP contribution in [-0.2, 0) is 11.2 Å². The van der Waals surface area contributed by atoms with Crippen LogP contribution in [0.4, 0.5) is 8.78 Å². The molecule has 6 heteroatoms. The van der Waals surface area contributed by atoms with Gasteiger partial charge < -0.3 is 10.5 Å². The molecule has 0 spiro atoms. The molecule has 1 rings (SSSR count). The van der Waals surface area contributed by atoms with E-state index in [0.29, 0.717) is 0 Å². The van der Waals surface area contributed by atoms with Gasteiger partial charge in [-0.3, -0.25) is 4.79 Å². The molecule has 0 heterocycles. The van der Waals surface area contributed by atoms with Gasteiger partial charge in [-0.1, -0.05) is 0 Å². The minimum absolute atomic E-state index is 0.279. The molecule has 0 radical (unpaired) electrons. The number of carbonyl (C=O) groups is 1. The fourth-order valence-corrected chi connectivity index (χ4v) is 1.13. The zero-order valence-electron chi connectivity index (χ0n) is 8.17. The summed E-state index contributed by atoms with van der Waals surface area (Å²) in [6, 6.07) is 3.64. The van der Waals surface area contributed by atoms with Gasteiger partial charge in [-0.25, -0.2) is 8.78 Å². The zero-order valence-corrected chi connectivity index (χ0v) is 8.17. The molecule has 0 aromatic heterocycles. The van der Waals surface area contributed by atoms with Crippen LogP contribution in [0.2, 0.25) is 0 Å². The first-order valence-corrected chi connectivity index (χ1v) is 4.31. The maximum atomic E-state index is 13.5. The second kappa shape index (κ2) is 5.07. The number of hydrogen-bond acceptors (Lipinski definition) is 3. The predicted octanol–water partition coefficient (Wildman–Crippen LogP) is 0.895. The standard InChI is InChI=1S/C10H8F2N2O2/c11-7-1-2-8(16-4-3-13)10(12)6(7)5-9(14)15/h1-2H,4-5H2,(H2,14,15). The lowest BCUT2D eigenvalue weighted by atomic mass is 10.1. The van der Waals surface area contributed by atoms with Crippen molar-refractivity contribution in [3.05, 3.63) is 29.3 Å². The SMILES string of the molecule is N#CCOc1ccc(F)c(CC(N)=O)c1F. The molecule has 1 amide bonds. The largest absolute Gasteiger partial charge is 0.476 e. The first-order chi connectivity index (χ1) is 7.56. The molecule has 4 nitrogen and oxygen atoms in total. The number of rotatable bonds is 4. The summed E-state index contributed by atoms with van der Waals surface area (Å²) in [6.07, 6.45) is -0.554. The van der Waals surface area contributed by atoms with Crippen LogP contribution in [0.15, 0.2) is 12.1 Å². The van der Waals surface area contributed by atoms with Gasteiger partial charge in [-0.2, -0.15) is 5.26 Å². The highest BCUT2D eigenvalue weighted by Crippen LogP contribution is 2.23. The summed E-state index contributed by atoms with van der Waals surface area (Å²) in [6.45, 7) is -0.363. The Morgan fingerprint density at radius 3 is 2.75 bits per heavy atom. The highest BCUT2D eigenvalue weighted by Gasteiger charge is 2.16. The van der Waals surface area contributed by atoms with Gasteiger partial charge >= 0.3 is 0 Å². The van der Waals surface area contributed by atoms with Crippen LogP contribution in [0.1, 0.15) is 5.56 Å². The highest BCUT2D eigenvalue weighted by atomic mass is 19.1. The lowest BCUT2D eigenvalue weighted by Gasteiger charge is -2.07. The quantitative estimate of drug-likeness (QED) is 0.828. The number of halogens is 2. The van der Waals surface area contributed by atoms with Crippen molar-refractivity contribution in [3.8, 4) is 11.8 Å². The van der Waals surface area contributed by atoms with E-state index >= 15 is 0 Å². The van der Waals surface area contributed by atoms with Crippen molar-refractivity contribution in [1.82, 2.24) is 0 Å². The normalized spacial score (nSPS) is 9.56. The molecule has 0 aliphatic carbocycles. The van der Waals surface area contributed by atoms with E-state index in [-0.39, 0.29) is 12.4 Å². The summed E-state index contributed by atoms with van der Waals surface area (Å²) in [4.78, 5) is 10.6. The van der Waals surface area contributed by atoms with Gasteiger partial charge in [0.25, 0.3) is 0 Å². The van der Waals surface area contributed by atoms with Crippen LogP contribution in [-0.4, -0.2) is 12.5 Å². The van der Waals surface area contributed by atoms with Crippen molar-refractivity contribution in [3.63, 3.8) is 0 Å². The van der Waals surface area contributed by atoms with Gasteiger partial charge in [0.15, 0.2) is 18.2 Å². The fraction of sp³-hybridized carbons (Fsp3) is 0.200. The number of carbonyl (C=O) groups excluding carboxylic acids is 1. The summed E-state index contributed by atoms with van der Waals surface area (Å²) in [5, 5.41) is 8.24. The second-order valence-electron chi connectivity index (χ2n) is 2.93. The molecule has 0 aliphatic rings. The van der Waals surface area contributed by atoms with E-state index in [2.05, 4.69) is 0 Å². The van der Waals surface area contributed by atoms with E-state index in [1.165, 1.54) is 0 Å². The molecular formula is C10H8F2N2O2. The van der Waals surface area contributed by atoms with E-state index < -0.39 is 29.5 Å². The Morgan fingerprint density at radius 2 is 2.19 bits per heavy atom. The van der Waals surface area contributed by atoms with Gasteiger partial charge in [0, 0.05) is 5.56 Å². The Morgan fingerprint density at radius 1 is 1.50 bits per heavy atom. The van der Waals surface area contributed by atoms with Gasteiger partial charge in [0.2, 0.25) is 5.91 Å². The van der Waals surface area contributed by atoms with Gasteiger partial charge in [-0.15, -0.1) is 0 Å². The third-order valence-corrected chi connectivity index (χ3v) is 1.79. The van der Waals surface area contributed by atoms with E-state index in [1.54, 1.807) is 6.07 Å². The third-order valence-electron chi connectivity index (χ3n) is 1.79. The Bertz CT molecular complexity index is 455. The molecular weight excluding hydrogens is 218 g/mol. The molecule has 0 bridgehead atoms. The predicted molar refractivity (Wildman–Crippen MR) is 50.4 cm³/mol. The lowest BCUT2D eigenvalue weighted by molar-refractivity contribution is -0.117. The summed E-state index contributed by atoms with van der Waals surface area (Å²) in [5.41, 5.74) is 4.39. The summed E-state index contributed by atoms with van der Waals surface area (Å²) in [5.74, 6) is -3.01. The number of benzene rings is 1. The number of hydrogen-bond donors (Lipinski definition) is 1. The number of ether oxygens (including phenoxy) is 1. The fourth-order valence-electron chi connectivity index (χ4n) is 1.13. The first-order valence-electron chi connectivity index (χ1n) is 4.31. The first kappa shape index (κ1) is 11.9. The maximum absolute atomic E-state index is 13.5. The van der Waals surface area contributed by atoms with Crippen molar-refractivity contribution in [2.75, 3.05) is 6.61 Å². The molecule has 0 saturated heterocycles. The van der Waals surface area contributed by atoms with E-state index in [1.807, 2.05) is 0 Å². The molecule has 0 aliphatic heterocycles. The number of nitrogens with zero attached hydrogens (tertiary/aromatic N) is 1. The molecule has 1 aromatic rings. The minimum Gasteiger partial charge on any atom is -0.476 e. The molecule has 0 unspecified atom stereocenters. The highest BCUT2D eigenvalue weighted by molar-refractivity contribution is 5.76. The monoisotopic (exact) mass is 226 g/mol. The number of amides is 1. The molecule has 1 aromatic carbocycles. The van der Waals surface area contributed by atoms with Gasteiger partial charge in [-0.05, 0) is 12.1 Å². The summed E-state index contributed by atoms with van der Waals surface area (Å²) in [7, 11) is 0. The lowest BCUT2D eigenvalue weighted by Crippen LogP contribution is -2.16. The maximum Gasteiger partial charge on any atom is 0.222 e. The van der Waals surface area contributed by atoms with Crippen molar-refractivity contribution in [1.29, 1.82) is 5.26 Å². The third kappa shape index (κ3) is 2.67. The van der Waals surface area contributed by atoms with Crippen molar-refractivity contribution >= 4 is 5.91 Å². The average molecular weight is 226 g/mol. The minimum atomic E-state index is -1.01. The van der Waals surface area contributed by atoms with Crippen LogP contribution < -0.4 is 10.5 Å². The molecule has 0 saturated carbocycles. The molecule has 0 atom stereocenters. The molecule has 0 fully saturated rings. The Balaban J connectivity index is 3.06. The molecule has 2 N–H and O–H groups in total. The summed E-state index contributed by atoms with van der Waals surface area (Å²) < 4.78 is 31.4. The second-order valence-corrected chi connectivity index (χ2v) is 2.93. The summed E-state index contributed by atoms with van der Waals surface area (Å²) >= 11 is 0. The van der Waals surface area contributed by atoms with E-state index in [0.717, 1.165) is 12.1 Å². The van der Waals surface area contributed by atoms with Crippen LogP contribution in [0.25, 0.3) is 0 Å². The van der Waals surface area contributed by atoms with Gasteiger partial charge in [0.1, 0.15) is 11.9 Å². The van der Waals surface area contributed by atoms with E-state index in [4.69, 9.17) is 15.7 Å². The number of nitrogens with two attached hydrogens (primary N) is 1. The Kier molecular flexibility index (Phi) is 3.78. The number of primary amides is 1. The zero-order chi connectivity index (χ0) is 12.1. The van der Waals surface area contributed by atoms with Crippen molar-refractivity contribution in [2.24, 2.45) is 5.73 Å². The Hall–Kier alpha value is -2.16. The van der Waals surface area contributed by atoms with Crippen LogP contribution in [0.5, 0.6) is 5.75 Å². The van der Waals surface area contributed by atoms with Crippen molar-refractivity contribution in [2.45, 2.75) is 6.42 Å². The van der Waals surface area contributed by atoms with Crippen LogP contribution in [0, 0.1) is 23.0 Å². The average Bonchev–Trinajstić information content (AvgIpc) is 2.23. The van der Waals surface area contributed by atoms with Gasteiger partial charge in [0.05, 0.1) is 6.42 Å². The van der Waals surface area contributed by atoms with Crippen molar-refractivity contribution < 1.29 is 18.3 Å². The smallest absolute Gasteiger partial charge is 0.222 e. The topological polar surface area (TPSA) is 76.1 Å².